The Kier molecular flexibility index (Phi) is 9.49. The number of anilines is 1. The third-order valence-corrected chi connectivity index (χ3v) is 8.68. The monoisotopic (exact) mass is 583 g/mol. The molecule has 0 aliphatic carbocycles. The van der Waals surface area contributed by atoms with Gasteiger partial charge in [0.15, 0.2) is 11.5 Å². The summed E-state index contributed by atoms with van der Waals surface area (Å²) in [5.74, 6) is -0.852. The standard InChI is InChI=1S/C30H34FN3O6S/c1-4-21(2)32-30(36)22(3)33(19-23-10-8-9-13-26(23)31)29(35)20-34(41(37,38)25-11-6-5-7-12-25)24-14-15-27-28(18-24)40-17-16-39-27/h5-15,18,21-22H,4,16-17,19-20H2,1-3H3,(H,32,36)/t21-,22+/m1/s1. The highest BCUT2D eigenvalue weighted by Gasteiger charge is 2.33. The zero-order valence-corrected chi connectivity index (χ0v) is 24.1. The third kappa shape index (κ3) is 6.97. The highest BCUT2D eigenvalue weighted by Crippen LogP contribution is 2.36. The predicted molar refractivity (Wildman–Crippen MR) is 153 cm³/mol. The zero-order chi connectivity index (χ0) is 29.6. The molecule has 0 saturated carbocycles. The van der Waals surface area contributed by atoms with Crippen LogP contribution in [0.3, 0.4) is 0 Å². The first-order chi connectivity index (χ1) is 19.6. The fraction of sp³-hybridized carbons (Fsp3) is 0.333. The number of nitrogens with one attached hydrogen (secondary N) is 1. The molecule has 41 heavy (non-hydrogen) atoms. The Morgan fingerprint density at radius 1 is 0.951 bits per heavy atom. The number of ether oxygens (including phenoxy) is 2. The number of benzene rings is 3. The van der Waals surface area contributed by atoms with Crippen LogP contribution in [0.4, 0.5) is 10.1 Å². The van der Waals surface area contributed by atoms with Gasteiger partial charge in [-0.1, -0.05) is 43.3 Å². The number of hydrogen-bond acceptors (Lipinski definition) is 6. The maximum Gasteiger partial charge on any atom is 0.264 e. The maximum absolute atomic E-state index is 14.7. The number of amides is 2. The fourth-order valence-corrected chi connectivity index (χ4v) is 5.72. The molecule has 0 unspecified atom stereocenters. The molecule has 0 aromatic heterocycles. The van der Waals surface area contributed by atoms with Crippen molar-refractivity contribution in [2.24, 2.45) is 0 Å². The first-order valence-electron chi connectivity index (χ1n) is 13.4. The number of fused-ring (bicyclic) bond motifs is 1. The van der Waals surface area contributed by atoms with Gasteiger partial charge in [0.2, 0.25) is 11.8 Å². The number of carbonyl (C=O) groups is 2. The SMILES string of the molecule is CC[C@@H](C)NC(=O)[C@H](C)N(Cc1ccccc1F)C(=O)CN(c1ccc2c(c1)OCCO2)S(=O)(=O)c1ccccc1. The van der Waals surface area contributed by atoms with E-state index >= 15 is 0 Å². The number of hydrogen-bond donors (Lipinski definition) is 1. The molecule has 2 amide bonds. The average Bonchev–Trinajstić information content (AvgIpc) is 2.99. The summed E-state index contributed by atoms with van der Waals surface area (Å²) >= 11 is 0. The second-order valence-electron chi connectivity index (χ2n) is 9.76. The summed E-state index contributed by atoms with van der Waals surface area (Å²) in [6.07, 6.45) is 0.674. The minimum absolute atomic E-state index is 0.0223. The zero-order valence-electron chi connectivity index (χ0n) is 23.2. The fourth-order valence-electron chi connectivity index (χ4n) is 4.29. The molecule has 0 saturated heterocycles. The second-order valence-corrected chi connectivity index (χ2v) is 11.6. The molecule has 9 nitrogen and oxygen atoms in total. The Balaban J connectivity index is 1.73. The van der Waals surface area contributed by atoms with Gasteiger partial charge in [0.05, 0.1) is 10.6 Å². The molecule has 1 heterocycles. The largest absolute Gasteiger partial charge is 0.486 e. The Morgan fingerprint density at radius 3 is 2.29 bits per heavy atom. The topological polar surface area (TPSA) is 105 Å². The van der Waals surface area contributed by atoms with Crippen LogP contribution in [0, 0.1) is 5.82 Å². The normalized spacial score (nSPS) is 14.0. The Bertz CT molecular complexity index is 1480. The van der Waals surface area contributed by atoms with Gasteiger partial charge in [-0.05, 0) is 50.6 Å². The molecule has 0 fully saturated rings. The van der Waals surface area contributed by atoms with Crippen LogP contribution < -0.4 is 19.1 Å². The first kappa shape index (κ1) is 29.9. The Morgan fingerprint density at radius 2 is 1.61 bits per heavy atom. The molecule has 1 aliphatic rings. The summed E-state index contributed by atoms with van der Waals surface area (Å²) in [5.41, 5.74) is 0.370. The number of sulfonamides is 1. The predicted octanol–water partition coefficient (Wildman–Crippen LogP) is 4.12. The molecule has 3 aromatic carbocycles. The van der Waals surface area contributed by atoms with Crippen molar-refractivity contribution < 1.29 is 31.9 Å². The second kappa shape index (κ2) is 13.0. The molecule has 2 atom stereocenters. The van der Waals surface area contributed by atoms with E-state index in [1.165, 1.54) is 54.3 Å². The summed E-state index contributed by atoms with van der Waals surface area (Å²) < 4.78 is 54.7. The molecule has 3 aromatic rings. The third-order valence-electron chi connectivity index (χ3n) is 6.89. The van der Waals surface area contributed by atoms with Gasteiger partial charge in [0.25, 0.3) is 10.0 Å². The van der Waals surface area contributed by atoms with Gasteiger partial charge in [-0.25, -0.2) is 12.8 Å². The van der Waals surface area contributed by atoms with E-state index in [1.54, 1.807) is 30.3 Å². The lowest BCUT2D eigenvalue weighted by Gasteiger charge is -2.32. The lowest BCUT2D eigenvalue weighted by atomic mass is 10.1. The summed E-state index contributed by atoms with van der Waals surface area (Å²) in [6, 6.07) is 17.1. The molecular formula is C30H34FN3O6S. The van der Waals surface area contributed by atoms with Crippen molar-refractivity contribution in [3.8, 4) is 11.5 Å². The van der Waals surface area contributed by atoms with Crippen molar-refractivity contribution in [2.45, 2.75) is 50.7 Å². The number of carbonyl (C=O) groups excluding carboxylic acids is 2. The van der Waals surface area contributed by atoms with E-state index in [-0.39, 0.29) is 28.7 Å². The quantitative estimate of drug-likeness (QED) is 0.364. The van der Waals surface area contributed by atoms with E-state index in [9.17, 15) is 22.4 Å². The highest BCUT2D eigenvalue weighted by molar-refractivity contribution is 7.92. The first-order valence-corrected chi connectivity index (χ1v) is 14.9. The molecular weight excluding hydrogens is 549 g/mol. The highest BCUT2D eigenvalue weighted by atomic mass is 32.2. The van der Waals surface area contributed by atoms with Gasteiger partial charge in [-0.3, -0.25) is 13.9 Å². The summed E-state index contributed by atoms with van der Waals surface area (Å²) in [4.78, 5) is 28.3. The van der Waals surface area contributed by atoms with Crippen molar-refractivity contribution in [3.63, 3.8) is 0 Å². The van der Waals surface area contributed by atoms with Gasteiger partial charge in [-0.15, -0.1) is 0 Å². The van der Waals surface area contributed by atoms with Gasteiger partial charge in [0, 0.05) is 24.2 Å². The molecule has 1 aliphatic heterocycles. The van der Waals surface area contributed by atoms with Crippen LogP contribution in [0.2, 0.25) is 0 Å². The Labute approximate surface area is 239 Å². The Hall–Kier alpha value is -4.12. The van der Waals surface area contributed by atoms with E-state index in [0.717, 1.165) is 4.31 Å². The van der Waals surface area contributed by atoms with Crippen LogP contribution in [0.25, 0.3) is 0 Å². The van der Waals surface area contributed by atoms with E-state index in [2.05, 4.69) is 5.32 Å². The molecule has 11 heteroatoms. The maximum atomic E-state index is 14.7. The molecule has 0 spiro atoms. The van der Waals surface area contributed by atoms with Gasteiger partial charge in [-0.2, -0.15) is 0 Å². The minimum Gasteiger partial charge on any atom is -0.486 e. The van der Waals surface area contributed by atoms with Gasteiger partial charge in [0.1, 0.15) is 31.6 Å². The summed E-state index contributed by atoms with van der Waals surface area (Å²) in [7, 11) is -4.24. The van der Waals surface area contributed by atoms with Crippen molar-refractivity contribution >= 4 is 27.5 Å². The molecule has 1 N–H and O–H groups in total. The van der Waals surface area contributed by atoms with Crippen molar-refractivity contribution in [2.75, 3.05) is 24.1 Å². The van der Waals surface area contributed by atoms with Crippen LogP contribution in [-0.4, -0.2) is 57.0 Å². The number of rotatable bonds is 11. The van der Waals surface area contributed by atoms with Gasteiger partial charge >= 0.3 is 0 Å². The van der Waals surface area contributed by atoms with Crippen LogP contribution >= 0.6 is 0 Å². The number of halogens is 1. The lowest BCUT2D eigenvalue weighted by Crippen LogP contribution is -2.52. The summed E-state index contributed by atoms with van der Waals surface area (Å²) in [5, 5.41) is 2.85. The smallest absolute Gasteiger partial charge is 0.264 e. The molecule has 0 bridgehead atoms. The van der Waals surface area contributed by atoms with Crippen LogP contribution in [0.15, 0.2) is 77.7 Å². The van der Waals surface area contributed by atoms with E-state index in [0.29, 0.717) is 31.1 Å². The minimum atomic E-state index is -4.24. The van der Waals surface area contributed by atoms with Gasteiger partial charge < -0.3 is 19.7 Å². The van der Waals surface area contributed by atoms with E-state index < -0.39 is 40.2 Å². The van der Waals surface area contributed by atoms with Crippen molar-refractivity contribution in [1.29, 1.82) is 0 Å². The summed E-state index contributed by atoms with van der Waals surface area (Å²) in [6.45, 7) is 5.06. The number of nitrogens with zero attached hydrogens (tertiary/aromatic N) is 2. The van der Waals surface area contributed by atoms with Crippen LogP contribution in [0.1, 0.15) is 32.8 Å². The molecule has 4 rings (SSSR count). The average molecular weight is 584 g/mol. The van der Waals surface area contributed by atoms with Crippen LogP contribution in [0.5, 0.6) is 11.5 Å². The van der Waals surface area contributed by atoms with E-state index in [4.69, 9.17) is 9.47 Å². The molecule has 0 radical (unpaired) electrons. The van der Waals surface area contributed by atoms with Crippen molar-refractivity contribution in [1.82, 2.24) is 10.2 Å². The molecule has 218 valence electrons. The van der Waals surface area contributed by atoms with Crippen molar-refractivity contribution in [3.05, 3.63) is 84.2 Å². The van der Waals surface area contributed by atoms with Crippen LogP contribution in [-0.2, 0) is 26.2 Å². The van der Waals surface area contributed by atoms with E-state index in [1.807, 2.05) is 13.8 Å². The lowest BCUT2D eigenvalue weighted by molar-refractivity contribution is -0.139.